The molecule has 5 heteroatoms. The van der Waals surface area contributed by atoms with E-state index in [2.05, 4.69) is 5.10 Å². The minimum Gasteiger partial charge on any atom is -0.461 e. The lowest BCUT2D eigenvalue weighted by Crippen LogP contribution is -2.11. The average molecular weight is 210 g/mol. The van der Waals surface area contributed by atoms with Crippen molar-refractivity contribution in [2.24, 2.45) is 0 Å². The van der Waals surface area contributed by atoms with Gasteiger partial charge in [0.05, 0.1) is 19.3 Å². The fourth-order valence-electron chi connectivity index (χ4n) is 1.59. The molecule has 0 amide bonds. The second-order valence-corrected chi connectivity index (χ2v) is 3.42. The lowest BCUT2D eigenvalue weighted by atomic mass is 10.3. The molecule has 0 bridgehead atoms. The first-order chi connectivity index (χ1) is 7.31. The highest BCUT2D eigenvalue weighted by atomic mass is 16.5. The maximum atomic E-state index is 11.3. The van der Waals surface area contributed by atoms with E-state index in [1.807, 2.05) is 0 Å². The van der Waals surface area contributed by atoms with Crippen LogP contribution in [-0.4, -0.2) is 35.6 Å². The summed E-state index contributed by atoms with van der Waals surface area (Å²) in [4.78, 5) is 11.3. The highest BCUT2D eigenvalue weighted by molar-refractivity contribution is 5.86. The quantitative estimate of drug-likeness (QED) is 0.699. The first-order valence-electron chi connectivity index (χ1n) is 5.11. The Kier molecular flexibility index (Phi) is 3.01. The lowest BCUT2D eigenvalue weighted by Gasteiger charge is -2.06. The summed E-state index contributed by atoms with van der Waals surface area (Å²) in [6, 6.07) is 1.93. The summed E-state index contributed by atoms with van der Waals surface area (Å²) in [5, 5.41) is 4.17. The van der Waals surface area contributed by atoms with Crippen LogP contribution in [0.3, 0.4) is 0 Å². The molecular weight excluding hydrogens is 196 g/mol. The Bertz CT molecular complexity index is 342. The highest BCUT2D eigenvalue weighted by Crippen LogP contribution is 2.17. The second kappa shape index (κ2) is 4.44. The molecule has 2 rings (SSSR count). The standard InChI is InChI=1S/C10H14N2O3/c1-2-15-10(13)9-3-5-12(11-9)8-4-6-14-7-8/h3,5,8H,2,4,6-7H2,1H3. The van der Waals surface area contributed by atoms with E-state index < -0.39 is 0 Å². The number of hydrogen-bond donors (Lipinski definition) is 0. The van der Waals surface area contributed by atoms with E-state index in [0.29, 0.717) is 18.9 Å². The van der Waals surface area contributed by atoms with Gasteiger partial charge in [-0.05, 0) is 19.4 Å². The van der Waals surface area contributed by atoms with Crippen molar-refractivity contribution < 1.29 is 14.3 Å². The Balaban J connectivity index is 2.06. The van der Waals surface area contributed by atoms with Crippen LogP contribution in [0, 0.1) is 0 Å². The zero-order valence-electron chi connectivity index (χ0n) is 8.68. The van der Waals surface area contributed by atoms with Gasteiger partial charge in [0.1, 0.15) is 0 Å². The fraction of sp³-hybridized carbons (Fsp3) is 0.600. The van der Waals surface area contributed by atoms with Gasteiger partial charge in [0.2, 0.25) is 0 Å². The van der Waals surface area contributed by atoms with Gasteiger partial charge in [-0.1, -0.05) is 0 Å². The molecule has 15 heavy (non-hydrogen) atoms. The number of carbonyl (C=O) groups is 1. The maximum Gasteiger partial charge on any atom is 0.358 e. The summed E-state index contributed by atoms with van der Waals surface area (Å²) in [7, 11) is 0. The second-order valence-electron chi connectivity index (χ2n) is 3.42. The molecule has 1 saturated heterocycles. The van der Waals surface area contributed by atoms with Crippen molar-refractivity contribution in [3.05, 3.63) is 18.0 Å². The van der Waals surface area contributed by atoms with Crippen LogP contribution in [0.15, 0.2) is 12.3 Å². The highest BCUT2D eigenvalue weighted by Gasteiger charge is 2.19. The molecule has 0 aliphatic carbocycles. The van der Waals surface area contributed by atoms with Gasteiger partial charge in [-0.25, -0.2) is 4.79 Å². The number of aromatic nitrogens is 2. The number of rotatable bonds is 3. The van der Waals surface area contributed by atoms with E-state index in [0.717, 1.165) is 13.0 Å². The SMILES string of the molecule is CCOC(=O)c1ccn(C2CCOC2)n1. The molecular formula is C10H14N2O3. The molecule has 0 aromatic carbocycles. The Morgan fingerprint density at radius 2 is 2.67 bits per heavy atom. The molecule has 1 unspecified atom stereocenters. The molecule has 1 aromatic heterocycles. The number of carbonyl (C=O) groups excluding carboxylic acids is 1. The van der Waals surface area contributed by atoms with Crippen LogP contribution in [0.1, 0.15) is 29.9 Å². The zero-order chi connectivity index (χ0) is 10.7. The van der Waals surface area contributed by atoms with Crippen molar-refractivity contribution >= 4 is 5.97 Å². The summed E-state index contributed by atoms with van der Waals surface area (Å²) < 4.78 is 11.9. The molecule has 1 aliphatic rings. The summed E-state index contributed by atoms with van der Waals surface area (Å²) in [5.41, 5.74) is 0.365. The number of nitrogens with zero attached hydrogens (tertiary/aromatic N) is 2. The van der Waals surface area contributed by atoms with Gasteiger partial charge >= 0.3 is 5.97 Å². The van der Waals surface area contributed by atoms with Crippen molar-refractivity contribution in [3.8, 4) is 0 Å². The summed E-state index contributed by atoms with van der Waals surface area (Å²) in [5.74, 6) is -0.366. The van der Waals surface area contributed by atoms with Crippen LogP contribution in [0.4, 0.5) is 0 Å². The van der Waals surface area contributed by atoms with E-state index in [1.54, 1.807) is 23.9 Å². The molecule has 0 N–H and O–H groups in total. The fourth-order valence-corrected chi connectivity index (χ4v) is 1.59. The molecule has 1 aromatic rings. The minimum absolute atomic E-state index is 0.258. The topological polar surface area (TPSA) is 53.4 Å². The van der Waals surface area contributed by atoms with Crippen LogP contribution >= 0.6 is 0 Å². The molecule has 82 valence electrons. The monoisotopic (exact) mass is 210 g/mol. The van der Waals surface area contributed by atoms with Crippen molar-refractivity contribution in [2.45, 2.75) is 19.4 Å². The van der Waals surface area contributed by atoms with Crippen molar-refractivity contribution in [1.29, 1.82) is 0 Å². The van der Waals surface area contributed by atoms with Crippen molar-refractivity contribution in [2.75, 3.05) is 19.8 Å². The maximum absolute atomic E-state index is 11.3. The summed E-state index contributed by atoms with van der Waals surface area (Å²) >= 11 is 0. The molecule has 0 radical (unpaired) electrons. The van der Waals surface area contributed by atoms with Crippen LogP contribution in [0.2, 0.25) is 0 Å². The van der Waals surface area contributed by atoms with Gasteiger partial charge in [-0.15, -0.1) is 0 Å². The first-order valence-corrected chi connectivity index (χ1v) is 5.11. The number of hydrogen-bond acceptors (Lipinski definition) is 4. The van der Waals surface area contributed by atoms with Gasteiger partial charge in [-0.2, -0.15) is 5.10 Å². The number of ether oxygens (including phenoxy) is 2. The smallest absolute Gasteiger partial charge is 0.358 e. The van der Waals surface area contributed by atoms with Gasteiger partial charge in [0, 0.05) is 12.8 Å². The Labute approximate surface area is 88.0 Å². The normalized spacial score (nSPS) is 20.5. The molecule has 1 fully saturated rings. The minimum atomic E-state index is -0.366. The van der Waals surface area contributed by atoms with Gasteiger partial charge < -0.3 is 9.47 Å². The summed E-state index contributed by atoms with van der Waals surface area (Å²) in [6.45, 7) is 3.58. The van der Waals surface area contributed by atoms with E-state index in [4.69, 9.17) is 9.47 Å². The molecule has 5 nitrogen and oxygen atoms in total. The number of esters is 1. The third-order valence-electron chi connectivity index (χ3n) is 2.37. The molecule has 1 aliphatic heterocycles. The van der Waals surface area contributed by atoms with Crippen molar-refractivity contribution in [3.63, 3.8) is 0 Å². The molecule has 0 saturated carbocycles. The molecule has 0 spiro atoms. The van der Waals surface area contributed by atoms with Crippen LogP contribution in [0.5, 0.6) is 0 Å². The predicted octanol–water partition coefficient (Wildman–Crippen LogP) is 1.02. The first kappa shape index (κ1) is 10.2. The predicted molar refractivity (Wildman–Crippen MR) is 52.7 cm³/mol. The van der Waals surface area contributed by atoms with Gasteiger partial charge in [0.15, 0.2) is 5.69 Å². The van der Waals surface area contributed by atoms with Crippen LogP contribution in [0.25, 0.3) is 0 Å². The molecule has 2 heterocycles. The van der Waals surface area contributed by atoms with Gasteiger partial charge in [0.25, 0.3) is 0 Å². The van der Waals surface area contributed by atoms with Crippen LogP contribution < -0.4 is 0 Å². The van der Waals surface area contributed by atoms with E-state index in [1.165, 1.54) is 0 Å². The summed E-state index contributed by atoms with van der Waals surface area (Å²) in [6.07, 6.45) is 2.75. The third kappa shape index (κ3) is 2.18. The average Bonchev–Trinajstić information content (AvgIpc) is 2.89. The van der Waals surface area contributed by atoms with E-state index in [9.17, 15) is 4.79 Å². The van der Waals surface area contributed by atoms with E-state index in [-0.39, 0.29) is 12.0 Å². The van der Waals surface area contributed by atoms with Crippen LogP contribution in [-0.2, 0) is 9.47 Å². The van der Waals surface area contributed by atoms with Crippen molar-refractivity contribution in [1.82, 2.24) is 9.78 Å². The lowest BCUT2D eigenvalue weighted by molar-refractivity contribution is 0.0518. The Morgan fingerprint density at radius 1 is 1.80 bits per heavy atom. The van der Waals surface area contributed by atoms with E-state index >= 15 is 0 Å². The third-order valence-corrected chi connectivity index (χ3v) is 2.37. The van der Waals surface area contributed by atoms with Gasteiger partial charge in [-0.3, -0.25) is 4.68 Å². The largest absolute Gasteiger partial charge is 0.461 e. The Hall–Kier alpha value is -1.36. The molecule has 1 atom stereocenters. The zero-order valence-corrected chi connectivity index (χ0v) is 8.68. The Morgan fingerprint density at radius 3 is 3.33 bits per heavy atom.